The van der Waals surface area contributed by atoms with Gasteiger partial charge in [0.25, 0.3) is 5.69 Å². The van der Waals surface area contributed by atoms with Gasteiger partial charge >= 0.3 is 0 Å². The predicted molar refractivity (Wildman–Crippen MR) is 82.7 cm³/mol. The molecule has 2 aromatic heterocycles. The average Bonchev–Trinajstić information content (AvgIpc) is 2.89. The number of phenolic OH excluding ortho intramolecular Hbond substituents is 1. The molecule has 8 nitrogen and oxygen atoms in total. The van der Waals surface area contributed by atoms with Gasteiger partial charge in [0.1, 0.15) is 11.4 Å². The maximum Gasteiger partial charge on any atom is 0.270 e. The Morgan fingerprint density at radius 2 is 2.09 bits per heavy atom. The minimum Gasteiger partial charge on any atom is -0.507 e. The molecule has 0 spiro atoms. The van der Waals surface area contributed by atoms with E-state index in [9.17, 15) is 15.2 Å². The van der Waals surface area contributed by atoms with Crippen LogP contribution in [0.2, 0.25) is 0 Å². The first-order chi connectivity index (χ1) is 11.0. The van der Waals surface area contributed by atoms with Crippen molar-refractivity contribution in [2.24, 2.45) is 7.05 Å². The first-order valence-electron chi connectivity index (χ1n) is 6.78. The molecule has 116 valence electrons. The summed E-state index contributed by atoms with van der Waals surface area (Å²) in [5, 5.41) is 25.2. The van der Waals surface area contributed by atoms with E-state index in [-0.39, 0.29) is 17.0 Å². The van der Waals surface area contributed by atoms with Gasteiger partial charge in [0.2, 0.25) is 5.82 Å². The van der Waals surface area contributed by atoms with Crippen molar-refractivity contribution in [3.8, 4) is 28.7 Å². The number of aryl methyl sites for hydroxylation is 2. The molecule has 1 N–H and O–H groups in total. The molecule has 2 heterocycles. The van der Waals surface area contributed by atoms with Crippen LogP contribution in [0.25, 0.3) is 22.9 Å². The van der Waals surface area contributed by atoms with Crippen LogP contribution in [0.3, 0.4) is 0 Å². The number of benzene rings is 1. The zero-order valence-electron chi connectivity index (χ0n) is 12.5. The SMILES string of the molecule is Cc1cccnc1-c1nc(-c2cc([N+](=O)[O-])ccc2O)n(C)n1. The van der Waals surface area contributed by atoms with Gasteiger partial charge in [-0.25, -0.2) is 9.67 Å². The zero-order chi connectivity index (χ0) is 16.6. The number of rotatable bonds is 3. The number of hydrogen-bond acceptors (Lipinski definition) is 6. The summed E-state index contributed by atoms with van der Waals surface area (Å²) in [6.45, 7) is 1.89. The lowest BCUT2D eigenvalue weighted by molar-refractivity contribution is -0.384. The predicted octanol–water partition coefficient (Wildman–Crippen LogP) is 2.47. The Kier molecular flexibility index (Phi) is 3.49. The Morgan fingerprint density at radius 3 is 2.78 bits per heavy atom. The van der Waals surface area contributed by atoms with Gasteiger partial charge in [-0.1, -0.05) is 6.07 Å². The van der Waals surface area contributed by atoms with Crippen LogP contribution >= 0.6 is 0 Å². The molecule has 8 heteroatoms. The molecule has 0 aliphatic carbocycles. The van der Waals surface area contributed by atoms with Crippen molar-refractivity contribution in [2.45, 2.75) is 6.92 Å². The molecule has 3 aromatic rings. The van der Waals surface area contributed by atoms with Gasteiger partial charge in [0.05, 0.1) is 10.5 Å². The van der Waals surface area contributed by atoms with E-state index in [1.165, 1.54) is 22.9 Å². The highest BCUT2D eigenvalue weighted by molar-refractivity contribution is 5.69. The summed E-state index contributed by atoms with van der Waals surface area (Å²) >= 11 is 0. The smallest absolute Gasteiger partial charge is 0.270 e. The first kappa shape index (κ1) is 14.6. The molecule has 0 atom stereocenters. The van der Waals surface area contributed by atoms with Gasteiger partial charge in [-0.05, 0) is 24.6 Å². The topological polar surface area (TPSA) is 107 Å². The van der Waals surface area contributed by atoms with Crippen molar-refractivity contribution in [2.75, 3.05) is 0 Å². The van der Waals surface area contributed by atoms with Gasteiger partial charge in [-0.2, -0.15) is 0 Å². The number of non-ortho nitro benzene ring substituents is 1. The lowest BCUT2D eigenvalue weighted by Gasteiger charge is -2.03. The fourth-order valence-corrected chi connectivity index (χ4v) is 2.26. The van der Waals surface area contributed by atoms with Crippen LogP contribution in [0, 0.1) is 17.0 Å². The molecule has 0 aliphatic heterocycles. The van der Waals surface area contributed by atoms with Crippen molar-refractivity contribution in [1.82, 2.24) is 19.7 Å². The van der Waals surface area contributed by atoms with E-state index in [1.54, 1.807) is 13.2 Å². The van der Waals surface area contributed by atoms with Crippen LogP contribution in [0.15, 0.2) is 36.5 Å². The molecule has 3 rings (SSSR count). The highest BCUT2D eigenvalue weighted by Crippen LogP contribution is 2.32. The minimum absolute atomic E-state index is 0.101. The summed E-state index contributed by atoms with van der Waals surface area (Å²) in [6, 6.07) is 7.49. The standard InChI is InChI=1S/C15H13N5O3/c1-9-4-3-7-16-13(9)14-17-15(19(2)18-14)11-8-10(20(22)23)5-6-12(11)21/h3-8,21H,1-2H3. The Morgan fingerprint density at radius 1 is 1.30 bits per heavy atom. The van der Waals surface area contributed by atoms with Crippen molar-refractivity contribution in [1.29, 1.82) is 0 Å². The molecule has 23 heavy (non-hydrogen) atoms. The van der Waals surface area contributed by atoms with E-state index in [0.29, 0.717) is 17.3 Å². The molecule has 0 radical (unpaired) electrons. The van der Waals surface area contributed by atoms with Crippen molar-refractivity contribution in [3.63, 3.8) is 0 Å². The summed E-state index contributed by atoms with van der Waals surface area (Å²) in [4.78, 5) is 19.0. The number of phenols is 1. The second-order valence-corrected chi connectivity index (χ2v) is 5.01. The van der Waals surface area contributed by atoms with Crippen LogP contribution < -0.4 is 0 Å². The molecule has 0 amide bonds. The third-order valence-electron chi connectivity index (χ3n) is 3.42. The van der Waals surface area contributed by atoms with Crippen molar-refractivity contribution in [3.05, 3.63) is 52.2 Å². The average molecular weight is 311 g/mol. The third kappa shape index (κ3) is 2.61. The van der Waals surface area contributed by atoms with E-state index in [4.69, 9.17) is 0 Å². The second kappa shape index (κ2) is 5.48. The zero-order valence-corrected chi connectivity index (χ0v) is 12.5. The van der Waals surface area contributed by atoms with Crippen LogP contribution in [-0.4, -0.2) is 29.8 Å². The van der Waals surface area contributed by atoms with Crippen LogP contribution in [0.4, 0.5) is 5.69 Å². The Hall–Kier alpha value is -3.29. The summed E-state index contributed by atoms with van der Waals surface area (Å²) in [5.74, 6) is 0.619. The molecule has 0 aliphatic rings. The number of nitro benzene ring substituents is 1. The highest BCUT2D eigenvalue weighted by atomic mass is 16.6. The molecule has 0 bridgehead atoms. The van der Waals surface area contributed by atoms with E-state index in [0.717, 1.165) is 5.56 Å². The number of nitro groups is 1. The van der Waals surface area contributed by atoms with E-state index < -0.39 is 4.92 Å². The van der Waals surface area contributed by atoms with Gasteiger partial charge in [0.15, 0.2) is 5.82 Å². The molecule has 0 saturated heterocycles. The van der Waals surface area contributed by atoms with Gasteiger partial charge in [-0.3, -0.25) is 15.1 Å². The normalized spacial score (nSPS) is 10.7. The minimum atomic E-state index is -0.525. The Bertz CT molecular complexity index is 904. The van der Waals surface area contributed by atoms with Crippen LogP contribution in [-0.2, 0) is 7.05 Å². The van der Waals surface area contributed by atoms with Gasteiger partial charge < -0.3 is 5.11 Å². The second-order valence-electron chi connectivity index (χ2n) is 5.01. The summed E-state index contributed by atoms with van der Waals surface area (Å²) < 4.78 is 1.46. The highest BCUT2D eigenvalue weighted by Gasteiger charge is 2.19. The van der Waals surface area contributed by atoms with E-state index in [1.807, 2.05) is 19.1 Å². The van der Waals surface area contributed by atoms with Gasteiger partial charge in [0, 0.05) is 25.4 Å². The molecule has 0 unspecified atom stereocenters. The van der Waals surface area contributed by atoms with Gasteiger partial charge in [-0.15, -0.1) is 5.10 Å². The Labute approximate surface area is 131 Å². The quantitative estimate of drug-likeness (QED) is 0.588. The maximum absolute atomic E-state index is 10.9. The molecule has 0 saturated carbocycles. The number of hydrogen-bond donors (Lipinski definition) is 1. The molecular weight excluding hydrogens is 298 g/mol. The van der Waals surface area contributed by atoms with Crippen LogP contribution in [0.1, 0.15) is 5.56 Å². The molecular formula is C15H13N5O3. The monoisotopic (exact) mass is 311 g/mol. The summed E-state index contributed by atoms with van der Waals surface area (Å²) in [5.41, 5.74) is 1.65. The van der Waals surface area contributed by atoms with E-state index >= 15 is 0 Å². The maximum atomic E-state index is 10.9. The number of nitrogens with zero attached hydrogens (tertiary/aromatic N) is 5. The first-order valence-corrected chi connectivity index (χ1v) is 6.78. The largest absolute Gasteiger partial charge is 0.507 e. The summed E-state index contributed by atoms with van der Waals surface area (Å²) in [6.07, 6.45) is 1.64. The molecule has 0 fully saturated rings. The number of pyridine rings is 1. The molecule has 1 aromatic carbocycles. The fourth-order valence-electron chi connectivity index (χ4n) is 2.26. The lowest BCUT2D eigenvalue weighted by atomic mass is 10.1. The Balaban J connectivity index is 2.14. The lowest BCUT2D eigenvalue weighted by Crippen LogP contribution is -1.96. The summed E-state index contributed by atoms with van der Waals surface area (Å²) in [7, 11) is 1.66. The fraction of sp³-hybridized carbons (Fsp3) is 0.133. The van der Waals surface area contributed by atoms with Crippen LogP contribution in [0.5, 0.6) is 5.75 Å². The number of aromatic hydroxyl groups is 1. The van der Waals surface area contributed by atoms with Crippen molar-refractivity contribution >= 4 is 5.69 Å². The van der Waals surface area contributed by atoms with E-state index in [2.05, 4.69) is 15.1 Å². The third-order valence-corrected chi connectivity index (χ3v) is 3.42. The number of aromatic nitrogens is 4. The van der Waals surface area contributed by atoms with Crippen molar-refractivity contribution < 1.29 is 10.0 Å².